The van der Waals surface area contributed by atoms with Gasteiger partial charge in [0.15, 0.2) is 5.69 Å². The van der Waals surface area contributed by atoms with Gasteiger partial charge in [0.05, 0.1) is 18.3 Å². The Balaban J connectivity index is 0.00000182. The van der Waals surface area contributed by atoms with Gasteiger partial charge in [-0.25, -0.2) is 4.68 Å². The zero-order chi connectivity index (χ0) is 16.4. The van der Waals surface area contributed by atoms with Crippen LogP contribution in [-0.2, 0) is 0 Å². The highest BCUT2D eigenvalue weighted by atomic mass is 35.5. The van der Waals surface area contributed by atoms with Gasteiger partial charge in [0.2, 0.25) is 0 Å². The van der Waals surface area contributed by atoms with Gasteiger partial charge in [0.1, 0.15) is 0 Å². The van der Waals surface area contributed by atoms with E-state index in [1.807, 2.05) is 22.9 Å². The van der Waals surface area contributed by atoms with Crippen molar-refractivity contribution in [1.82, 2.24) is 25.6 Å². The molecule has 2 aromatic rings. The first-order valence-electron chi connectivity index (χ1n) is 8.79. The molecule has 6 nitrogen and oxygen atoms in total. The maximum absolute atomic E-state index is 12.6. The number of nitrogens with one attached hydrogen (secondary N) is 2. The Morgan fingerprint density at radius 1 is 1.16 bits per heavy atom. The fourth-order valence-corrected chi connectivity index (χ4v) is 3.41. The number of halogens is 1. The second kappa shape index (κ2) is 7.97. The molecule has 1 aliphatic heterocycles. The molecule has 1 atom stereocenters. The summed E-state index contributed by atoms with van der Waals surface area (Å²) in [6.07, 6.45) is 6.18. The summed E-state index contributed by atoms with van der Waals surface area (Å²) in [5, 5.41) is 14.8. The Bertz CT molecular complexity index is 695. The van der Waals surface area contributed by atoms with Gasteiger partial charge in [0.25, 0.3) is 5.91 Å². The lowest BCUT2D eigenvalue weighted by molar-refractivity contribution is 0.0926. The molecular weight excluding hydrogens is 338 g/mol. The summed E-state index contributed by atoms with van der Waals surface area (Å²) in [5.74, 6) is 0.409. The fraction of sp³-hybridized carbons (Fsp3) is 0.500. The number of hydrogen-bond donors (Lipinski definition) is 2. The molecule has 1 saturated heterocycles. The highest BCUT2D eigenvalue weighted by Crippen LogP contribution is 2.41. The van der Waals surface area contributed by atoms with Crippen molar-refractivity contribution < 1.29 is 4.79 Å². The zero-order valence-corrected chi connectivity index (χ0v) is 14.9. The third-order valence-electron chi connectivity index (χ3n) is 4.96. The number of carbonyl (C=O) groups is 1. The van der Waals surface area contributed by atoms with Crippen LogP contribution in [-0.4, -0.2) is 34.0 Å². The van der Waals surface area contributed by atoms with Crippen LogP contribution in [0.3, 0.4) is 0 Å². The van der Waals surface area contributed by atoms with Crippen LogP contribution in [0.1, 0.15) is 53.8 Å². The van der Waals surface area contributed by atoms with E-state index in [9.17, 15) is 4.79 Å². The number of amides is 1. The number of carbonyl (C=O) groups excluding carboxylic acids is 1. The molecule has 0 radical (unpaired) electrons. The van der Waals surface area contributed by atoms with Crippen LogP contribution < -0.4 is 10.6 Å². The summed E-state index contributed by atoms with van der Waals surface area (Å²) < 4.78 is 1.85. The van der Waals surface area contributed by atoms with E-state index in [-0.39, 0.29) is 24.4 Å². The Morgan fingerprint density at radius 3 is 2.56 bits per heavy atom. The molecule has 7 heteroatoms. The maximum Gasteiger partial charge on any atom is 0.273 e. The van der Waals surface area contributed by atoms with E-state index in [2.05, 4.69) is 33.1 Å². The average molecular weight is 362 g/mol. The molecule has 2 heterocycles. The van der Waals surface area contributed by atoms with Crippen LogP contribution in [0.15, 0.2) is 36.5 Å². The van der Waals surface area contributed by atoms with Gasteiger partial charge in [0, 0.05) is 0 Å². The van der Waals surface area contributed by atoms with E-state index in [0.717, 1.165) is 25.9 Å². The molecule has 1 amide bonds. The number of piperidine rings is 1. The fourth-order valence-electron chi connectivity index (χ4n) is 3.41. The molecule has 25 heavy (non-hydrogen) atoms. The predicted octanol–water partition coefficient (Wildman–Crippen LogP) is 2.51. The molecule has 1 aromatic heterocycles. The van der Waals surface area contributed by atoms with Gasteiger partial charge in [-0.05, 0) is 50.3 Å². The van der Waals surface area contributed by atoms with Crippen molar-refractivity contribution in [3.8, 4) is 0 Å². The van der Waals surface area contributed by atoms with E-state index in [4.69, 9.17) is 0 Å². The summed E-state index contributed by atoms with van der Waals surface area (Å²) in [6.45, 7) is 1.98. The predicted molar refractivity (Wildman–Crippen MR) is 97.8 cm³/mol. The number of nitrogens with zero attached hydrogens (tertiary/aromatic N) is 3. The number of rotatable bonds is 5. The Morgan fingerprint density at radius 2 is 1.88 bits per heavy atom. The molecule has 134 valence electrons. The normalized spacial score (nSPS) is 19.0. The smallest absolute Gasteiger partial charge is 0.273 e. The quantitative estimate of drug-likeness (QED) is 0.858. The van der Waals surface area contributed by atoms with Crippen LogP contribution in [0.4, 0.5) is 0 Å². The van der Waals surface area contributed by atoms with Crippen molar-refractivity contribution in [3.63, 3.8) is 0 Å². The molecule has 2 fully saturated rings. The highest BCUT2D eigenvalue weighted by Gasteiger charge is 2.34. The first kappa shape index (κ1) is 17.9. The minimum absolute atomic E-state index is 0. The van der Waals surface area contributed by atoms with E-state index < -0.39 is 0 Å². The topological polar surface area (TPSA) is 71.8 Å². The van der Waals surface area contributed by atoms with Crippen molar-refractivity contribution in [2.24, 2.45) is 5.92 Å². The van der Waals surface area contributed by atoms with E-state index >= 15 is 0 Å². The molecule has 1 aliphatic carbocycles. The summed E-state index contributed by atoms with van der Waals surface area (Å²) in [6, 6.07) is 10.6. The third-order valence-corrected chi connectivity index (χ3v) is 4.96. The largest absolute Gasteiger partial charge is 0.344 e. The molecule has 2 N–H and O–H groups in total. The second-order valence-electron chi connectivity index (χ2n) is 6.76. The molecular formula is C18H24ClN5O. The van der Waals surface area contributed by atoms with Crippen LogP contribution in [0.5, 0.6) is 0 Å². The lowest BCUT2D eigenvalue weighted by atomic mass is 10.0. The van der Waals surface area contributed by atoms with E-state index in [1.165, 1.54) is 18.4 Å². The average Bonchev–Trinajstić information content (AvgIpc) is 3.36. The van der Waals surface area contributed by atoms with Crippen molar-refractivity contribution in [3.05, 3.63) is 47.8 Å². The molecule has 1 aromatic carbocycles. The minimum atomic E-state index is -0.129. The summed E-state index contributed by atoms with van der Waals surface area (Å²) in [5.41, 5.74) is 1.58. The SMILES string of the molecule is Cl.O=C(NC(c1ccccc1)C1CC1)c1cn(C2CCNCC2)nn1. The van der Waals surface area contributed by atoms with E-state index in [0.29, 0.717) is 17.7 Å². The van der Waals surface area contributed by atoms with Crippen LogP contribution in [0.25, 0.3) is 0 Å². The molecule has 0 spiro atoms. The van der Waals surface area contributed by atoms with Crippen LogP contribution in [0, 0.1) is 5.92 Å². The van der Waals surface area contributed by atoms with Crippen molar-refractivity contribution in [2.75, 3.05) is 13.1 Å². The van der Waals surface area contributed by atoms with Crippen LogP contribution in [0.2, 0.25) is 0 Å². The highest BCUT2D eigenvalue weighted by molar-refractivity contribution is 5.92. The van der Waals surface area contributed by atoms with Gasteiger partial charge in [-0.2, -0.15) is 0 Å². The summed E-state index contributed by atoms with van der Waals surface area (Å²) in [7, 11) is 0. The standard InChI is InChI=1S/C18H23N5O.ClH/c24-18(16-12-23(22-21-16)15-8-10-19-11-9-15)20-17(14-6-7-14)13-4-2-1-3-5-13;/h1-5,12,14-15,17,19H,6-11H2,(H,20,24);1H. The van der Waals surface area contributed by atoms with Crippen molar-refractivity contribution in [2.45, 2.75) is 37.8 Å². The van der Waals surface area contributed by atoms with Gasteiger partial charge < -0.3 is 10.6 Å². The molecule has 2 aliphatic rings. The van der Waals surface area contributed by atoms with Crippen molar-refractivity contribution in [1.29, 1.82) is 0 Å². The molecule has 1 saturated carbocycles. The summed E-state index contributed by atoms with van der Waals surface area (Å²) in [4.78, 5) is 12.6. The Kier molecular flexibility index (Phi) is 5.71. The van der Waals surface area contributed by atoms with Crippen molar-refractivity contribution >= 4 is 18.3 Å². The van der Waals surface area contributed by atoms with Gasteiger partial charge in [-0.1, -0.05) is 35.5 Å². The second-order valence-corrected chi connectivity index (χ2v) is 6.76. The lowest BCUT2D eigenvalue weighted by Gasteiger charge is -2.22. The van der Waals surface area contributed by atoms with Crippen LogP contribution >= 0.6 is 12.4 Å². The summed E-state index contributed by atoms with van der Waals surface area (Å²) >= 11 is 0. The van der Waals surface area contributed by atoms with E-state index in [1.54, 1.807) is 6.20 Å². The molecule has 4 rings (SSSR count). The third kappa shape index (κ3) is 4.19. The Labute approximate surface area is 153 Å². The monoisotopic (exact) mass is 361 g/mol. The minimum Gasteiger partial charge on any atom is -0.344 e. The lowest BCUT2D eigenvalue weighted by Crippen LogP contribution is -2.30. The molecule has 0 bridgehead atoms. The molecule has 1 unspecified atom stereocenters. The first-order chi connectivity index (χ1) is 11.8. The maximum atomic E-state index is 12.6. The number of hydrogen-bond acceptors (Lipinski definition) is 4. The number of benzene rings is 1. The van der Waals surface area contributed by atoms with Gasteiger partial charge in [-0.3, -0.25) is 4.79 Å². The van der Waals surface area contributed by atoms with Gasteiger partial charge in [-0.15, -0.1) is 17.5 Å². The van der Waals surface area contributed by atoms with Gasteiger partial charge >= 0.3 is 0 Å². The number of aromatic nitrogens is 3. The first-order valence-corrected chi connectivity index (χ1v) is 8.79. The zero-order valence-electron chi connectivity index (χ0n) is 14.1. The Hall–Kier alpha value is -1.92.